The standard InChI is InChI=1S/C21H23N3O3.ClH/c1-3-22-14(2)12-23-19(25)16-8-6-7-15(11-16)13-24-20(26)17-9-4-5-10-18(17)21(24)27;/h4-11,14,22H,3,12-13H2,1-2H3,(H,23,25);1H/t14-;/m1./s1. The van der Waals surface area contributed by atoms with Gasteiger partial charge in [0.05, 0.1) is 17.7 Å². The second-order valence-corrected chi connectivity index (χ2v) is 6.61. The zero-order chi connectivity index (χ0) is 19.4. The third-order valence-electron chi connectivity index (χ3n) is 4.53. The first-order valence-electron chi connectivity index (χ1n) is 9.07. The quantitative estimate of drug-likeness (QED) is 0.699. The van der Waals surface area contributed by atoms with Crippen molar-refractivity contribution in [2.75, 3.05) is 13.1 Å². The summed E-state index contributed by atoms with van der Waals surface area (Å²) in [5.41, 5.74) is 2.09. The molecule has 3 amide bonds. The highest BCUT2D eigenvalue weighted by Crippen LogP contribution is 2.24. The van der Waals surface area contributed by atoms with Gasteiger partial charge in [0.1, 0.15) is 0 Å². The number of imide groups is 1. The van der Waals surface area contributed by atoms with Gasteiger partial charge in [0.15, 0.2) is 0 Å². The maximum atomic E-state index is 12.5. The van der Waals surface area contributed by atoms with E-state index >= 15 is 0 Å². The predicted octanol–water partition coefficient (Wildman–Crippen LogP) is 2.63. The zero-order valence-electron chi connectivity index (χ0n) is 15.9. The average Bonchev–Trinajstić information content (AvgIpc) is 2.92. The van der Waals surface area contributed by atoms with Crippen molar-refractivity contribution in [2.45, 2.75) is 26.4 Å². The molecule has 0 spiro atoms. The lowest BCUT2D eigenvalue weighted by Gasteiger charge is -2.15. The third kappa shape index (κ3) is 4.58. The number of nitrogens with zero attached hydrogens (tertiary/aromatic N) is 1. The fourth-order valence-corrected chi connectivity index (χ4v) is 3.14. The highest BCUT2D eigenvalue weighted by molar-refractivity contribution is 6.21. The number of carbonyl (C=O) groups excluding carboxylic acids is 3. The summed E-state index contributed by atoms with van der Waals surface area (Å²) >= 11 is 0. The minimum absolute atomic E-state index is 0. The first-order chi connectivity index (χ1) is 13.0. The van der Waals surface area contributed by atoms with Crippen LogP contribution in [0.3, 0.4) is 0 Å². The molecule has 28 heavy (non-hydrogen) atoms. The predicted molar refractivity (Wildman–Crippen MR) is 110 cm³/mol. The number of halogens is 1. The molecular formula is C21H24ClN3O3. The number of hydrogen-bond donors (Lipinski definition) is 2. The summed E-state index contributed by atoms with van der Waals surface area (Å²) < 4.78 is 0. The fraction of sp³-hybridized carbons (Fsp3) is 0.286. The van der Waals surface area contributed by atoms with E-state index in [4.69, 9.17) is 0 Å². The summed E-state index contributed by atoms with van der Waals surface area (Å²) in [6.07, 6.45) is 0. The SMILES string of the molecule is CCN[C@H](C)CNC(=O)c1cccc(CN2C(=O)c3ccccc3C2=O)c1.Cl. The molecular weight excluding hydrogens is 378 g/mol. The Balaban J connectivity index is 0.00000280. The van der Waals surface area contributed by atoms with Crippen molar-refractivity contribution in [3.05, 3.63) is 70.8 Å². The number of nitrogens with one attached hydrogen (secondary N) is 2. The number of carbonyl (C=O) groups is 3. The monoisotopic (exact) mass is 401 g/mol. The molecule has 0 bridgehead atoms. The van der Waals surface area contributed by atoms with Crippen molar-refractivity contribution in [2.24, 2.45) is 0 Å². The van der Waals surface area contributed by atoms with Crippen LogP contribution in [0, 0.1) is 0 Å². The summed E-state index contributed by atoms with van der Waals surface area (Å²) in [4.78, 5) is 38.6. The van der Waals surface area contributed by atoms with Gasteiger partial charge in [-0.05, 0) is 43.3 Å². The number of rotatable bonds is 7. The van der Waals surface area contributed by atoms with Crippen LogP contribution in [0.15, 0.2) is 48.5 Å². The Kier molecular flexibility index (Phi) is 7.31. The molecule has 0 radical (unpaired) electrons. The minimum atomic E-state index is -0.301. The van der Waals surface area contributed by atoms with E-state index in [9.17, 15) is 14.4 Å². The number of likely N-dealkylation sites (N-methyl/N-ethyl adjacent to an activating group) is 1. The normalized spacial score (nSPS) is 13.7. The first kappa shape index (κ1) is 21.6. The summed E-state index contributed by atoms with van der Waals surface area (Å²) in [5, 5.41) is 6.12. The van der Waals surface area contributed by atoms with Gasteiger partial charge in [-0.15, -0.1) is 12.4 Å². The lowest BCUT2D eigenvalue weighted by atomic mass is 10.1. The Morgan fingerprint density at radius 1 is 1.04 bits per heavy atom. The molecule has 0 fully saturated rings. The molecule has 0 unspecified atom stereocenters. The molecule has 148 valence electrons. The van der Waals surface area contributed by atoms with Crippen molar-refractivity contribution < 1.29 is 14.4 Å². The van der Waals surface area contributed by atoms with Gasteiger partial charge in [0.2, 0.25) is 0 Å². The summed E-state index contributed by atoms with van der Waals surface area (Å²) in [6.45, 7) is 5.52. The van der Waals surface area contributed by atoms with E-state index in [-0.39, 0.29) is 42.7 Å². The van der Waals surface area contributed by atoms with Crippen molar-refractivity contribution in [1.29, 1.82) is 0 Å². The van der Waals surface area contributed by atoms with E-state index in [1.54, 1.807) is 42.5 Å². The second kappa shape index (κ2) is 9.48. The van der Waals surface area contributed by atoms with Gasteiger partial charge < -0.3 is 10.6 Å². The third-order valence-corrected chi connectivity index (χ3v) is 4.53. The van der Waals surface area contributed by atoms with Gasteiger partial charge in [-0.1, -0.05) is 31.2 Å². The Morgan fingerprint density at radius 2 is 1.68 bits per heavy atom. The summed E-state index contributed by atoms with van der Waals surface area (Å²) in [7, 11) is 0. The molecule has 0 aromatic heterocycles. The Bertz CT molecular complexity index is 850. The van der Waals surface area contributed by atoms with Crippen LogP contribution in [0.1, 0.15) is 50.5 Å². The molecule has 2 aromatic carbocycles. The second-order valence-electron chi connectivity index (χ2n) is 6.61. The minimum Gasteiger partial charge on any atom is -0.350 e. The fourth-order valence-electron chi connectivity index (χ4n) is 3.14. The smallest absolute Gasteiger partial charge is 0.261 e. The average molecular weight is 402 g/mol. The van der Waals surface area contributed by atoms with E-state index in [0.29, 0.717) is 23.2 Å². The largest absolute Gasteiger partial charge is 0.350 e. The molecule has 1 aliphatic heterocycles. The Labute approximate surface area is 170 Å². The van der Waals surface area contributed by atoms with Crippen LogP contribution >= 0.6 is 12.4 Å². The van der Waals surface area contributed by atoms with E-state index in [1.807, 2.05) is 19.9 Å². The highest BCUT2D eigenvalue weighted by Gasteiger charge is 2.34. The number of hydrogen-bond acceptors (Lipinski definition) is 4. The molecule has 1 aliphatic rings. The Hall–Kier alpha value is -2.70. The molecule has 2 aromatic rings. The van der Waals surface area contributed by atoms with Crippen LogP contribution in [0.25, 0.3) is 0 Å². The van der Waals surface area contributed by atoms with E-state index in [2.05, 4.69) is 10.6 Å². The van der Waals surface area contributed by atoms with Gasteiger partial charge >= 0.3 is 0 Å². The summed E-state index contributed by atoms with van der Waals surface area (Å²) in [5.74, 6) is -0.779. The molecule has 1 atom stereocenters. The topological polar surface area (TPSA) is 78.5 Å². The zero-order valence-corrected chi connectivity index (χ0v) is 16.7. The van der Waals surface area contributed by atoms with Gasteiger partial charge in [-0.2, -0.15) is 0 Å². The molecule has 7 heteroatoms. The van der Waals surface area contributed by atoms with Gasteiger partial charge in [-0.3, -0.25) is 19.3 Å². The molecule has 6 nitrogen and oxygen atoms in total. The van der Waals surface area contributed by atoms with Crippen molar-refractivity contribution >= 4 is 30.1 Å². The van der Waals surface area contributed by atoms with Crippen molar-refractivity contribution in [3.8, 4) is 0 Å². The molecule has 1 heterocycles. The first-order valence-corrected chi connectivity index (χ1v) is 9.07. The van der Waals surface area contributed by atoms with Crippen LogP contribution in [-0.4, -0.2) is 41.8 Å². The lowest BCUT2D eigenvalue weighted by molar-refractivity contribution is 0.0642. The Morgan fingerprint density at radius 3 is 2.29 bits per heavy atom. The maximum Gasteiger partial charge on any atom is 0.261 e. The van der Waals surface area contributed by atoms with Gasteiger partial charge in [0, 0.05) is 18.2 Å². The van der Waals surface area contributed by atoms with Crippen LogP contribution in [0.5, 0.6) is 0 Å². The maximum absolute atomic E-state index is 12.5. The van der Waals surface area contributed by atoms with Crippen molar-refractivity contribution in [3.63, 3.8) is 0 Å². The highest BCUT2D eigenvalue weighted by atomic mass is 35.5. The molecule has 0 aliphatic carbocycles. The molecule has 2 N–H and O–H groups in total. The van der Waals surface area contributed by atoms with Gasteiger partial charge in [0.25, 0.3) is 17.7 Å². The van der Waals surface area contributed by atoms with E-state index in [1.165, 1.54) is 4.90 Å². The van der Waals surface area contributed by atoms with Crippen LogP contribution in [-0.2, 0) is 6.54 Å². The lowest BCUT2D eigenvalue weighted by Crippen LogP contribution is -2.38. The van der Waals surface area contributed by atoms with Crippen molar-refractivity contribution in [1.82, 2.24) is 15.5 Å². The van der Waals surface area contributed by atoms with Crippen LogP contribution in [0.4, 0.5) is 0 Å². The van der Waals surface area contributed by atoms with E-state index in [0.717, 1.165) is 12.1 Å². The molecule has 0 saturated carbocycles. The van der Waals surface area contributed by atoms with E-state index < -0.39 is 0 Å². The number of amides is 3. The molecule has 0 saturated heterocycles. The number of fused-ring (bicyclic) bond motifs is 1. The summed E-state index contributed by atoms with van der Waals surface area (Å²) in [6, 6.07) is 14.0. The van der Waals surface area contributed by atoms with Gasteiger partial charge in [-0.25, -0.2) is 0 Å². The number of benzene rings is 2. The van der Waals surface area contributed by atoms with Crippen LogP contribution in [0.2, 0.25) is 0 Å². The van der Waals surface area contributed by atoms with Crippen LogP contribution < -0.4 is 10.6 Å². The molecule has 3 rings (SSSR count).